The van der Waals surface area contributed by atoms with Gasteiger partial charge in [0.25, 0.3) is 11.5 Å². The van der Waals surface area contributed by atoms with Crippen molar-refractivity contribution in [2.24, 2.45) is 4.99 Å². The average Bonchev–Trinajstić information content (AvgIpc) is 3.00. The summed E-state index contributed by atoms with van der Waals surface area (Å²) in [6.45, 7) is 4.43. The van der Waals surface area contributed by atoms with Crippen molar-refractivity contribution in [3.8, 4) is 0 Å². The molecule has 0 spiro atoms. The van der Waals surface area contributed by atoms with E-state index in [4.69, 9.17) is 0 Å². The number of hydrogen-bond donors (Lipinski definition) is 1. The summed E-state index contributed by atoms with van der Waals surface area (Å²) in [5.74, 6) is 0.536. The third-order valence-electron chi connectivity index (χ3n) is 3.34. The molecule has 0 radical (unpaired) electrons. The Bertz CT molecular complexity index is 826. The number of nitrogens with zero attached hydrogens (tertiary/aromatic N) is 3. The van der Waals surface area contributed by atoms with Gasteiger partial charge >= 0.3 is 0 Å². The Morgan fingerprint density at radius 1 is 1.32 bits per heavy atom. The number of aromatic nitrogens is 2. The molecule has 1 N–H and O–H groups in total. The van der Waals surface area contributed by atoms with Crippen LogP contribution in [0.1, 0.15) is 30.4 Å². The van der Waals surface area contributed by atoms with Crippen molar-refractivity contribution in [3.05, 3.63) is 40.3 Å². The first-order valence-corrected chi connectivity index (χ1v) is 8.06. The molecule has 22 heavy (non-hydrogen) atoms. The molecule has 1 aromatic carbocycles. The van der Waals surface area contributed by atoms with E-state index in [0.29, 0.717) is 22.5 Å². The minimum atomic E-state index is -0.334. The van der Waals surface area contributed by atoms with Crippen LogP contribution in [0.5, 0.6) is 0 Å². The van der Waals surface area contributed by atoms with Gasteiger partial charge in [0.05, 0.1) is 18.0 Å². The van der Waals surface area contributed by atoms with Gasteiger partial charge in [-0.05, 0) is 19.9 Å². The molecule has 0 bridgehead atoms. The van der Waals surface area contributed by atoms with Crippen LogP contribution >= 0.6 is 11.8 Å². The van der Waals surface area contributed by atoms with Gasteiger partial charge in [-0.25, -0.2) is 4.68 Å². The van der Waals surface area contributed by atoms with Crippen LogP contribution in [0, 0.1) is 0 Å². The third-order valence-corrected chi connectivity index (χ3v) is 4.23. The van der Waals surface area contributed by atoms with Gasteiger partial charge in [-0.15, -0.1) is 0 Å². The summed E-state index contributed by atoms with van der Waals surface area (Å²) in [5.41, 5.74) is 0.0637. The molecule has 7 heteroatoms. The van der Waals surface area contributed by atoms with Crippen LogP contribution in [0.3, 0.4) is 0 Å². The van der Waals surface area contributed by atoms with Gasteiger partial charge in [0, 0.05) is 11.1 Å². The fraction of sp³-hybridized carbons (Fsp3) is 0.333. The molecule has 0 aliphatic carbocycles. The van der Waals surface area contributed by atoms with Crippen molar-refractivity contribution < 1.29 is 4.79 Å². The molecule has 0 fully saturated rings. The lowest BCUT2D eigenvalue weighted by atomic mass is 10.1. The Kier molecular flexibility index (Phi) is 3.98. The number of amides is 1. The van der Waals surface area contributed by atoms with Gasteiger partial charge in [-0.2, -0.15) is 5.10 Å². The highest BCUT2D eigenvalue weighted by molar-refractivity contribution is 8.14. The van der Waals surface area contributed by atoms with E-state index < -0.39 is 0 Å². The molecular weight excluding hydrogens is 300 g/mol. The molecule has 3 rings (SSSR count). The van der Waals surface area contributed by atoms with E-state index in [-0.39, 0.29) is 23.2 Å². The van der Waals surface area contributed by atoms with Gasteiger partial charge < -0.3 is 0 Å². The number of hydrogen-bond acceptors (Lipinski definition) is 5. The minimum absolute atomic E-state index is 0.123. The van der Waals surface area contributed by atoms with Crippen molar-refractivity contribution >= 4 is 33.6 Å². The molecule has 1 aliphatic rings. The number of nitrogens with one attached hydrogen (secondary N) is 1. The van der Waals surface area contributed by atoms with Crippen LogP contribution in [0.2, 0.25) is 0 Å². The van der Waals surface area contributed by atoms with Crippen LogP contribution in [-0.2, 0) is 0 Å². The van der Waals surface area contributed by atoms with Crippen LogP contribution in [-0.4, -0.2) is 33.2 Å². The summed E-state index contributed by atoms with van der Waals surface area (Å²) in [4.78, 5) is 29.2. The zero-order chi connectivity index (χ0) is 15.7. The quantitative estimate of drug-likeness (QED) is 0.917. The molecule has 0 unspecified atom stereocenters. The predicted molar refractivity (Wildman–Crippen MR) is 88.6 cm³/mol. The summed E-state index contributed by atoms with van der Waals surface area (Å²) in [6, 6.07) is 6.92. The second kappa shape index (κ2) is 5.92. The highest BCUT2D eigenvalue weighted by atomic mass is 32.2. The zero-order valence-corrected chi connectivity index (χ0v) is 13.2. The Hall–Kier alpha value is -2.15. The number of benzene rings is 1. The number of fused-ring (bicyclic) bond motifs is 1. The number of carbonyl (C=O) groups excluding carboxylic acids is 1. The van der Waals surface area contributed by atoms with Crippen LogP contribution in [0.25, 0.3) is 10.8 Å². The molecule has 2 heterocycles. The van der Waals surface area contributed by atoms with E-state index in [1.807, 2.05) is 13.8 Å². The molecule has 0 saturated carbocycles. The van der Waals surface area contributed by atoms with Gasteiger partial charge in [0.15, 0.2) is 10.9 Å². The topological polar surface area (TPSA) is 76.3 Å². The summed E-state index contributed by atoms with van der Waals surface area (Å²) >= 11 is 1.51. The third kappa shape index (κ3) is 2.64. The molecule has 114 valence electrons. The summed E-state index contributed by atoms with van der Waals surface area (Å²) in [5, 5.41) is 8.71. The van der Waals surface area contributed by atoms with Crippen molar-refractivity contribution in [2.75, 3.05) is 12.3 Å². The number of aliphatic imine (C=N–C) groups is 1. The Labute approximate surface area is 131 Å². The van der Waals surface area contributed by atoms with Crippen molar-refractivity contribution in [2.45, 2.75) is 19.9 Å². The first-order chi connectivity index (χ1) is 10.6. The van der Waals surface area contributed by atoms with E-state index in [2.05, 4.69) is 15.4 Å². The van der Waals surface area contributed by atoms with Gasteiger partial charge in [0.1, 0.15) is 0 Å². The summed E-state index contributed by atoms with van der Waals surface area (Å²) in [7, 11) is 0. The lowest BCUT2D eigenvalue weighted by Crippen LogP contribution is -2.33. The van der Waals surface area contributed by atoms with E-state index in [1.54, 1.807) is 24.3 Å². The van der Waals surface area contributed by atoms with Crippen LogP contribution in [0.15, 0.2) is 34.1 Å². The number of carbonyl (C=O) groups is 1. The Morgan fingerprint density at radius 3 is 2.68 bits per heavy atom. The number of thioether (sulfide) groups is 1. The molecule has 1 aromatic heterocycles. The SMILES string of the molecule is CC(C)n1nc(C(=O)NC2=NCCS2)c2ccccc2c1=O. The second-order valence-electron chi connectivity index (χ2n) is 5.23. The lowest BCUT2D eigenvalue weighted by Gasteiger charge is -2.13. The molecule has 1 aliphatic heterocycles. The summed E-state index contributed by atoms with van der Waals surface area (Å²) in [6.07, 6.45) is 0. The van der Waals surface area contributed by atoms with Crippen LogP contribution < -0.4 is 10.9 Å². The molecule has 0 atom stereocenters. The van der Waals surface area contributed by atoms with E-state index >= 15 is 0 Å². The van der Waals surface area contributed by atoms with E-state index in [9.17, 15) is 9.59 Å². The molecule has 1 amide bonds. The smallest absolute Gasteiger partial charge is 0.278 e. The average molecular weight is 316 g/mol. The number of rotatable bonds is 2. The zero-order valence-electron chi connectivity index (χ0n) is 12.4. The lowest BCUT2D eigenvalue weighted by molar-refractivity contribution is 0.0972. The Balaban J connectivity index is 2.13. The first kappa shape index (κ1) is 14.8. The highest BCUT2D eigenvalue weighted by Crippen LogP contribution is 2.16. The second-order valence-corrected chi connectivity index (χ2v) is 6.31. The maximum Gasteiger partial charge on any atom is 0.278 e. The first-order valence-electron chi connectivity index (χ1n) is 7.08. The predicted octanol–water partition coefficient (Wildman–Crippen LogP) is 1.81. The maximum atomic E-state index is 12.5. The molecule has 2 aromatic rings. The van der Waals surface area contributed by atoms with Crippen molar-refractivity contribution in [1.82, 2.24) is 15.1 Å². The summed E-state index contributed by atoms with van der Waals surface area (Å²) < 4.78 is 1.35. The molecule has 0 saturated heterocycles. The van der Waals surface area contributed by atoms with E-state index in [0.717, 1.165) is 5.75 Å². The normalized spacial score (nSPS) is 14.4. The number of amidine groups is 1. The van der Waals surface area contributed by atoms with Gasteiger partial charge in [-0.3, -0.25) is 19.9 Å². The van der Waals surface area contributed by atoms with Gasteiger partial charge in [0.2, 0.25) is 0 Å². The molecular formula is C15H16N4O2S. The monoisotopic (exact) mass is 316 g/mol. The highest BCUT2D eigenvalue weighted by Gasteiger charge is 2.19. The molecule has 6 nitrogen and oxygen atoms in total. The van der Waals surface area contributed by atoms with Gasteiger partial charge in [-0.1, -0.05) is 30.0 Å². The van der Waals surface area contributed by atoms with Crippen molar-refractivity contribution in [1.29, 1.82) is 0 Å². The fourth-order valence-electron chi connectivity index (χ4n) is 2.29. The fourth-order valence-corrected chi connectivity index (χ4v) is 3.01. The largest absolute Gasteiger partial charge is 0.300 e. The van der Waals surface area contributed by atoms with Crippen molar-refractivity contribution in [3.63, 3.8) is 0 Å². The standard InChI is InChI=1S/C15H16N4O2S/c1-9(2)19-14(21)11-6-4-3-5-10(11)12(18-19)13(20)17-15-16-7-8-22-15/h3-6,9H,7-8H2,1-2H3,(H,16,17,20). The minimum Gasteiger partial charge on any atom is -0.300 e. The Morgan fingerprint density at radius 2 is 2.05 bits per heavy atom. The maximum absolute atomic E-state index is 12.5. The van der Waals surface area contributed by atoms with E-state index in [1.165, 1.54) is 16.4 Å². The van der Waals surface area contributed by atoms with Crippen LogP contribution in [0.4, 0.5) is 0 Å².